The van der Waals surface area contributed by atoms with Crippen LogP contribution in [0.1, 0.15) is 5.56 Å². The molecule has 2 aromatic carbocycles. The zero-order chi connectivity index (χ0) is 16.4. The lowest BCUT2D eigenvalue weighted by Gasteiger charge is -2.09. The lowest BCUT2D eigenvalue weighted by atomic mass is 10.2. The second kappa shape index (κ2) is 6.38. The quantitative estimate of drug-likeness (QED) is 0.716. The molecule has 1 aromatic heterocycles. The van der Waals surface area contributed by atoms with Gasteiger partial charge in [-0.3, -0.25) is 4.79 Å². The monoisotopic (exact) mass is 328 g/mol. The molecule has 0 amide bonds. The minimum absolute atomic E-state index is 0.138. The Hall–Kier alpha value is -2.40. The Morgan fingerprint density at radius 2 is 1.87 bits per heavy atom. The first-order chi connectivity index (χ1) is 11.1. The van der Waals surface area contributed by atoms with Crippen molar-refractivity contribution in [2.75, 3.05) is 14.2 Å². The lowest BCUT2D eigenvalue weighted by molar-refractivity contribution is 0.394. The van der Waals surface area contributed by atoms with Crippen LogP contribution in [0, 0.1) is 6.92 Å². The summed E-state index contributed by atoms with van der Waals surface area (Å²) in [6.07, 6.45) is 0. The molecule has 0 fully saturated rings. The Labute approximate surface area is 138 Å². The van der Waals surface area contributed by atoms with E-state index in [9.17, 15) is 4.79 Å². The van der Waals surface area contributed by atoms with Gasteiger partial charge >= 0.3 is 0 Å². The minimum atomic E-state index is -0.138. The number of benzene rings is 2. The first kappa shape index (κ1) is 15.5. The van der Waals surface area contributed by atoms with E-state index in [0.29, 0.717) is 27.6 Å². The molecule has 0 unspecified atom stereocenters. The molecular weight excluding hydrogens is 312 g/mol. The third-order valence-electron chi connectivity index (χ3n) is 3.41. The normalized spacial score (nSPS) is 10.7. The van der Waals surface area contributed by atoms with Crippen molar-refractivity contribution in [3.8, 4) is 11.5 Å². The maximum atomic E-state index is 12.4. The highest BCUT2D eigenvalue weighted by Gasteiger charge is 2.13. The lowest BCUT2D eigenvalue weighted by Crippen LogP contribution is -2.03. The Morgan fingerprint density at radius 1 is 1.04 bits per heavy atom. The van der Waals surface area contributed by atoms with E-state index in [2.05, 4.69) is 0 Å². The Morgan fingerprint density at radius 3 is 2.57 bits per heavy atom. The Kier molecular flexibility index (Phi) is 4.30. The van der Waals surface area contributed by atoms with Gasteiger partial charge in [0.15, 0.2) is 10.5 Å². The predicted octanol–water partition coefficient (Wildman–Crippen LogP) is 4.27. The number of ether oxygens (including phenoxy) is 2. The van der Waals surface area contributed by atoms with Crippen LogP contribution < -0.4 is 14.9 Å². The van der Waals surface area contributed by atoms with Crippen molar-refractivity contribution in [3.63, 3.8) is 0 Å². The number of methoxy groups -OCH3 is 2. The summed E-state index contributed by atoms with van der Waals surface area (Å²) >= 11 is 1.41. The van der Waals surface area contributed by atoms with Crippen molar-refractivity contribution in [2.24, 2.45) is 0 Å². The summed E-state index contributed by atoms with van der Waals surface area (Å²) in [4.78, 5) is 13.5. The predicted molar refractivity (Wildman–Crippen MR) is 90.9 cm³/mol. The van der Waals surface area contributed by atoms with Crippen LogP contribution in [0.5, 0.6) is 11.5 Å². The van der Waals surface area contributed by atoms with Gasteiger partial charge in [-0.1, -0.05) is 29.5 Å². The molecular formula is C18H16O4S. The molecule has 0 saturated carbocycles. The van der Waals surface area contributed by atoms with Crippen molar-refractivity contribution < 1.29 is 13.9 Å². The highest BCUT2D eigenvalue weighted by atomic mass is 32.2. The van der Waals surface area contributed by atoms with E-state index in [-0.39, 0.29) is 5.43 Å². The van der Waals surface area contributed by atoms with Crippen LogP contribution in [0.25, 0.3) is 11.0 Å². The smallest absolute Gasteiger partial charge is 0.197 e. The maximum Gasteiger partial charge on any atom is 0.197 e. The number of rotatable bonds is 4. The van der Waals surface area contributed by atoms with E-state index in [0.717, 1.165) is 10.5 Å². The van der Waals surface area contributed by atoms with Crippen LogP contribution >= 0.6 is 11.8 Å². The first-order valence-corrected chi connectivity index (χ1v) is 7.87. The SMILES string of the molecule is COc1cc(OC)c2c(=O)cc(Sc3cccc(C)c3)oc2c1. The van der Waals surface area contributed by atoms with E-state index in [1.807, 2.05) is 31.2 Å². The molecule has 4 nitrogen and oxygen atoms in total. The van der Waals surface area contributed by atoms with Crippen LogP contribution in [0.2, 0.25) is 0 Å². The third-order valence-corrected chi connectivity index (χ3v) is 4.30. The van der Waals surface area contributed by atoms with E-state index >= 15 is 0 Å². The van der Waals surface area contributed by atoms with Crippen LogP contribution in [0.3, 0.4) is 0 Å². The topological polar surface area (TPSA) is 48.7 Å². The van der Waals surface area contributed by atoms with Crippen LogP contribution in [-0.2, 0) is 0 Å². The summed E-state index contributed by atoms with van der Waals surface area (Å²) < 4.78 is 16.4. The largest absolute Gasteiger partial charge is 0.496 e. The Bertz CT molecular complexity index is 915. The fraction of sp³-hybridized carbons (Fsp3) is 0.167. The molecule has 0 atom stereocenters. The van der Waals surface area contributed by atoms with Crippen molar-refractivity contribution in [1.29, 1.82) is 0 Å². The van der Waals surface area contributed by atoms with Crippen molar-refractivity contribution in [1.82, 2.24) is 0 Å². The zero-order valence-electron chi connectivity index (χ0n) is 13.1. The molecule has 0 spiro atoms. The summed E-state index contributed by atoms with van der Waals surface area (Å²) in [6, 6.07) is 12.9. The minimum Gasteiger partial charge on any atom is -0.496 e. The van der Waals surface area contributed by atoms with Gasteiger partial charge in [-0.15, -0.1) is 0 Å². The van der Waals surface area contributed by atoms with Crippen molar-refractivity contribution in [2.45, 2.75) is 16.9 Å². The molecule has 1 heterocycles. The molecule has 0 aliphatic heterocycles. The summed E-state index contributed by atoms with van der Waals surface area (Å²) in [7, 11) is 3.08. The van der Waals surface area contributed by atoms with Crippen molar-refractivity contribution >= 4 is 22.7 Å². The fourth-order valence-electron chi connectivity index (χ4n) is 2.33. The van der Waals surface area contributed by atoms with Crippen LogP contribution in [-0.4, -0.2) is 14.2 Å². The van der Waals surface area contributed by atoms with Gasteiger partial charge in [0, 0.05) is 23.1 Å². The van der Waals surface area contributed by atoms with E-state index in [1.54, 1.807) is 19.2 Å². The average Bonchev–Trinajstić information content (AvgIpc) is 2.53. The average molecular weight is 328 g/mol. The van der Waals surface area contributed by atoms with Gasteiger partial charge in [0.1, 0.15) is 22.5 Å². The van der Waals surface area contributed by atoms with Gasteiger partial charge in [-0.2, -0.15) is 0 Å². The Balaban J connectivity index is 2.11. The van der Waals surface area contributed by atoms with Gasteiger partial charge in [0.2, 0.25) is 0 Å². The molecule has 0 saturated heterocycles. The van der Waals surface area contributed by atoms with Gasteiger partial charge in [0.05, 0.1) is 14.2 Å². The third kappa shape index (κ3) is 3.19. The highest BCUT2D eigenvalue weighted by Crippen LogP contribution is 2.33. The standard InChI is InChI=1S/C18H16O4S/c1-11-5-4-6-13(7-11)23-17-10-14(19)18-15(21-3)8-12(20-2)9-16(18)22-17/h4-10H,1-3H3. The van der Waals surface area contributed by atoms with E-state index < -0.39 is 0 Å². The second-order valence-electron chi connectivity index (χ2n) is 5.05. The van der Waals surface area contributed by atoms with Gasteiger partial charge in [0.25, 0.3) is 0 Å². The molecule has 118 valence electrons. The van der Waals surface area contributed by atoms with Gasteiger partial charge in [-0.25, -0.2) is 0 Å². The fourth-order valence-corrected chi connectivity index (χ4v) is 3.25. The summed E-state index contributed by atoms with van der Waals surface area (Å²) in [5.74, 6) is 1.02. The second-order valence-corrected chi connectivity index (χ2v) is 6.13. The van der Waals surface area contributed by atoms with Crippen LogP contribution in [0.15, 0.2) is 61.7 Å². The number of hydrogen-bond donors (Lipinski definition) is 0. The highest BCUT2D eigenvalue weighted by molar-refractivity contribution is 7.99. The molecule has 0 radical (unpaired) electrons. The van der Waals surface area contributed by atoms with Gasteiger partial charge in [-0.05, 0) is 19.1 Å². The summed E-state index contributed by atoms with van der Waals surface area (Å²) in [5, 5.41) is 0.949. The molecule has 23 heavy (non-hydrogen) atoms. The van der Waals surface area contributed by atoms with E-state index in [4.69, 9.17) is 13.9 Å². The summed E-state index contributed by atoms with van der Waals surface area (Å²) in [6.45, 7) is 2.02. The molecule has 0 N–H and O–H groups in total. The van der Waals surface area contributed by atoms with Crippen molar-refractivity contribution in [3.05, 3.63) is 58.3 Å². The van der Waals surface area contributed by atoms with E-state index in [1.165, 1.54) is 24.9 Å². The van der Waals surface area contributed by atoms with Gasteiger partial charge < -0.3 is 13.9 Å². The summed E-state index contributed by atoms with van der Waals surface area (Å²) in [5.41, 5.74) is 1.46. The molecule has 0 aliphatic carbocycles. The number of aryl methyl sites for hydroxylation is 1. The first-order valence-electron chi connectivity index (χ1n) is 7.05. The molecule has 5 heteroatoms. The number of hydrogen-bond acceptors (Lipinski definition) is 5. The molecule has 3 rings (SSSR count). The van der Waals surface area contributed by atoms with Crippen LogP contribution in [0.4, 0.5) is 0 Å². The maximum absolute atomic E-state index is 12.4. The molecule has 3 aromatic rings. The number of fused-ring (bicyclic) bond motifs is 1. The molecule has 0 aliphatic rings. The molecule has 0 bridgehead atoms. The zero-order valence-corrected chi connectivity index (χ0v) is 13.9.